The molecule has 0 saturated carbocycles. The van der Waals surface area contributed by atoms with Crippen LogP contribution in [-0.4, -0.2) is 29.3 Å². The summed E-state index contributed by atoms with van der Waals surface area (Å²) in [5, 5.41) is 8.00. The molecule has 3 N–H and O–H groups in total. The predicted octanol–water partition coefficient (Wildman–Crippen LogP) is 3.17. The monoisotopic (exact) mass is 382 g/mol. The maximum atomic E-state index is 6.21. The van der Waals surface area contributed by atoms with Crippen molar-refractivity contribution >= 4 is 34.4 Å². The van der Waals surface area contributed by atoms with Crippen LogP contribution in [0.15, 0.2) is 36.8 Å². The molecule has 0 saturated heterocycles. The fraction of sp³-hybridized carbons (Fsp3) is 0.222. The average Bonchev–Trinajstić information content (AvgIpc) is 3.23. The van der Waals surface area contributed by atoms with E-state index in [-0.39, 0.29) is 12.0 Å². The van der Waals surface area contributed by atoms with Crippen LogP contribution >= 0.6 is 11.6 Å². The van der Waals surface area contributed by atoms with Crippen molar-refractivity contribution in [3.63, 3.8) is 0 Å². The standard InChI is InChI=1S/C18H19ClN8/c1-10(23-17-12(19)9-21-18(20)25-17)16-11(14-4-6-22-27(14)3)8-15-13(24-16)5-7-26(15)2/h4-10H,1-3H3,(H3,20,21,23,25)/t10-/m0/s1. The molecule has 1 atom stereocenters. The highest BCUT2D eigenvalue weighted by molar-refractivity contribution is 6.32. The largest absolute Gasteiger partial charge is 0.368 e. The van der Waals surface area contributed by atoms with Crippen molar-refractivity contribution in [2.24, 2.45) is 14.1 Å². The number of rotatable bonds is 4. The Hall–Kier alpha value is -3.13. The molecule has 9 heteroatoms. The lowest BCUT2D eigenvalue weighted by Gasteiger charge is -2.19. The van der Waals surface area contributed by atoms with Gasteiger partial charge in [0.25, 0.3) is 0 Å². The summed E-state index contributed by atoms with van der Waals surface area (Å²) in [6, 6.07) is 5.92. The van der Waals surface area contributed by atoms with Crippen molar-refractivity contribution in [3.05, 3.63) is 47.5 Å². The first kappa shape index (κ1) is 17.3. The van der Waals surface area contributed by atoms with Crippen LogP contribution in [-0.2, 0) is 14.1 Å². The number of halogens is 1. The third-order valence-electron chi connectivity index (χ3n) is 4.52. The number of hydrogen-bond acceptors (Lipinski definition) is 6. The summed E-state index contributed by atoms with van der Waals surface area (Å²) in [6.07, 6.45) is 5.25. The lowest BCUT2D eigenvalue weighted by Crippen LogP contribution is -2.13. The molecule has 27 heavy (non-hydrogen) atoms. The van der Waals surface area contributed by atoms with E-state index in [1.54, 1.807) is 6.20 Å². The van der Waals surface area contributed by atoms with E-state index < -0.39 is 0 Å². The first-order valence-electron chi connectivity index (χ1n) is 8.43. The van der Waals surface area contributed by atoms with E-state index in [1.165, 1.54) is 6.20 Å². The minimum Gasteiger partial charge on any atom is -0.368 e. The quantitative estimate of drug-likeness (QED) is 0.562. The number of nitrogens with two attached hydrogens (primary N) is 1. The van der Waals surface area contributed by atoms with Gasteiger partial charge in [0.2, 0.25) is 5.95 Å². The van der Waals surface area contributed by atoms with E-state index >= 15 is 0 Å². The molecule has 0 aliphatic heterocycles. The summed E-state index contributed by atoms with van der Waals surface area (Å²) >= 11 is 6.21. The van der Waals surface area contributed by atoms with E-state index in [4.69, 9.17) is 22.3 Å². The van der Waals surface area contributed by atoms with E-state index in [2.05, 4.69) is 26.4 Å². The Morgan fingerprint density at radius 2 is 2.04 bits per heavy atom. The Kier molecular flexibility index (Phi) is 4.19. The molecule has 4 heterocycles. The fourth-order valence-electron chi connectivity index (χ4n) is 3.13. The summed E-state index contributed by atoms with van der Waals surface area (Å²) in [5.74, 6) is 0.634. The molecule has 4 aromatic rings. The second-order valence-electron chi connectivity index (χ2n) is 6.38. The molecule has 0 aliphatic rings. The fourth-order valence-corrected chi connectivity index (χ4v) is 3.27. The van der Waals surface area contributed by atoms with Gasteiger partial charge in [-0.2, -0.15) is 10.1 Å². The highest BCUT2D eigenvalue weighted by Crippen LogP contribution is 2.32. The van der Waals surface area contributed by atoms with Gasteiger partial charge in [-0.3, -0.25) is 4.68 Å². The lowest BCUT2D eigenvalue weighted by atomic mass is 10.0. The zero-order valence-electron chi connectivity index (χ0n) is 15.2. The SMILES string of the molecule is C[C@H](Nc1nc(N)ncc1Cl)c1nc2ccn(C)c2cc1-c1ccnn1C. The van der Waals surface area contributed by atoms with Crippen LogP contribution in [0.5, 0.6) is 0 Å². The second-order valence-corrected chi connectivity index (χ2v) is 6.79. The molecule has 8 nitrogen and oxygen atoms in total. The van der Waals surface area contributed by atoms with Crippen molar-refractivity contribution in [2.75, 3.05) is 11.1 Å². The summed E-state index contributed by atoms with van der Waals surface area (Å²) in [6.45, 7) is 2.01. The summed E-state index contributed by atoms with van der Waals surface area (Å²) in [5.41, 5.74) is 10.5. The van der Waals surface area contributed by atoms with Crippen LogP contribution in [0.1, 0.15) is 18.7 Å². The highest BCUT2D eigenvalue weighted by atomic mass is 35.5. The van der Waals surface area contributed by atoms with Crippen molar-refractivity contribution in [1.82, 2.24) is 29.3 Å². The van der Waals surface area contributed by atoms with Gasteiger partial charge < -0.3 is 15.6 Å². The third kappa shape index (κ3) is 3.08. The number of nitrogens with one attached hydrogen (secondary N) is 1. The molecule has 0 spiro atoms. The summed E-state index contributed by atoms with van der Waals surface area (Å²) in [4.78, 5) is 13.0. The Morgan fingerprint density at radius 3 is 2.78 bits per heavy atom. The highest BCUT2D eigenvalue weighted by Gasteiger charge is 2.19. The number of anilines is 2. The summed E-state index contributed by atoms with van der Waals surface area (Å²) in [7, 11) is 3.91. The van der Waals surface area contributed by atoms with Crippen LogP contribution in [0.3, 0.4) is 0 Å². The molecule has 138 valence electrons. The van der Waals surface area contributed by atoms with Crippen molar-refractivity contribution in [3.8, 4) is 11.3 Å². The Balaban J connectivity index is 1.84. The average molecular weight is 383 g/mol. The minimum atomic E-state index is -0.175. The molecule has 0 unspecified atom stereocenters. The Morgan fingerprint density at radius 1 is 1.22 bits per heavy atom. The van der Waals surface area contributed by atoms with Gasteiger partial charge in [0.1, 0.15) is 5.02 Å². The molecular formula is C18H19ClN8. The molecule has 0 bridgehead atoms. The van der Waals surface area contributed by atoms with E-state index in [1.807, 2.05) is 48.6 Å². The first-order chi connectivity index (χ1) is 12.9. The van der Waals surface area contributed by atoms with Gasteiger partial charge in [-0.1, -0.05) is 11.6 Å². The molecule has 0 amide bonds. The number of nitrogen functional groups attached to an aromatic ring is 1. The molecule has 0 aliphatic carbocycles. The van der Waals surface area contributed by atoms with E-state index in [0.29, 0.717) is 10.8 Å². The smallest absolute Gasteiger partial charge is 0.222 e. The van der Waals surface area contributed by atoms with Crippen molar-refractivity contribution in [2.45, 2.75) is 13.0 Å². The molecular weight excluding hydrogens is 364 g/mol. The second kappa shape index (κ2) is 6.55. The Bertz CT molecular complexity index is 1130. The maximum absolute atomic E-state index is 6.21. The summed E-state index contributed by atoms with van der Waals surface area (Å²) < 4.78 is 3.88. The van der Waals surface area contributed by atoms with Crippen LogP contribution < -0.4 is 11.1 Å². The van der Waals surface area contributed by atoms with Gasteiger partial charge in [0.05, 0.1) is 34.7 Å². The topological polar surface area (TPSA) is 99.5 Å². The zero-order chi connectivity index (χ0) is 19.1. The van der Waals surface area contributed by atoms with Crippen molar-refractivity contribution < 1.29 is 0 Å². The predicted molar refractivity (Wildman–Crippen MR) is 106 cm³/mol. The molecule has 0 radical (unpaired) electrons. The molecule has 4 aromatic heterocycles. The molecule has 4 rings (SSSR count). The molecule has 0 aromatic carbocycles. The Labute approximate surface area is 161 Å². The minimum absolute atomic E-state index is 0.160. The van der Waals surface area contributed by atoms with Gasteiger partial charge in [-0.15, -0.1) is 0 Å². The van der Waals surface area contributed by atoms with Crippen LogP contribution in [0.4, 0.5) is 11.8 Å². The first-order valence-corrected chi connectivity index (χ1v) is 8.80. The number of hydrogen-bond donors (Lipinski definition) is 2. The van der Waals surface area contributed by atoms with E-state index in [9.17, 15) is 0 Å². The zero-order valence-corrected chi connectivity index (χ0v) is 15.9. The van der Waals surface area contributed by atoms with Gasteiger partial charge in [-0.05, 0) is 25.1 Å². The number of pyridine rings is 1. The maximum Gasteiger partial charge on any atom is 0.222 e. The number of nitrogens with zero attached hydrogens (tertiary/aromatic N) is 6. The number of aromatic nitrogens is 6. The molecule has 0 fully saturated rings. The van der Waals surface area contributed by atoms with Gasteiger partial charge in [0, 0.05) is 32.1 Å². The van der Waals surface area contributed by atoms with E-state index in [0.717, 1.165) is 28.0 Å². The van der Waals surface area contributed by atoms with Crippen molar-refractivity contribution in [1.29, 1.82) is 0 Å². The van der Waals surface area contributed by atoms with Gasteiger partial charge in [0.15, 0.2) is 5.82 Å². The van der Waals surface area contributed by atoms with Crippen LogP contribution in [0.2, 0.25) is 5.02 Å². The number of aryl methyl sites for hydroxylation is 2. The van der Waals surface area contributed by atoms with Crippen LogP contribution in [0.25, 0.3) is 22.3 Å². The third-order valence-corrected chi connectivity index (χ3v) is 4.80. The normalized spacial score (nSPS) is 12.4. The van der Waals surface area contributed by atoms with Gasteiger partial charge >= 0.3 is 0 Å². The van der Waals surface area contributed by atoms with Crippen LogP contribution in [0, 0.1) is 0 Å². The lowest BCUT2D eigenvalue weighted by molar-refractivity contribution is 0.769. The van der Waals surface area contributed by atoms with Gasteiger partial charge in [-0.25, -0.2) is 9.97 Å². The number of fused-ring (bicyclic) bond motifs is 1.